The van der Waals surface area contributed by atoms with Gasteiger partial charge in [0.05, 0.1) is 0 Å². The van der Waals surface area contributed by atoms with E-state index < -0.39 is 12.0 Å². The topological polar surface area (TPSA) is 75.3 Å². The number of carboxylic acids is 1. The highest BCUT2D eigenvalue weighted by atomic mass is 79.9. The highest BCUT2D eigenvalue weighted by Gasteiger charge is 2.20. The van der Waals surface area contributed by atoms with E-state index in [1.54, 1.807) is 7.05 Å². The summed E-state index contributed by atoms with van der Waals surface area (Å²) in [5, 5.41) is 11.8. The fourth-order valence-electron chi connectivity index (χ4n) is 1.51. The molecular weight excluding hydrogens is 272 g/mol. The van der Waals surface area contributed by atoms with Crippen molar-refractivity contribution >= 4 is 21.9 Å². The first-order valence-corrected chi connectivity index (χ1v) is 5.75. The summed E-state index contributed by atoms with van der Waals surface area (Å²) >= 11 is 3.44. The van der Waals surface area contributed by atoms with Gasteiger partial charge in [-0.15, -0.1) is 0 Å². The molecule has 0 aromatic heterocycles. The number of benzene rings is 1. The first-order chi connectivity index (χ1) is 7.56. The number of carbonyl (C=O) groups is 1. The van der Waals surface area contributed by atoms with E-state index in [1.807, 2.05) is 24.3 Å². The van der Waals surface area contributed by atoms with Crippen molar-refractivity contribution in [2.75, 3.05) is 7.05 Å². The van der Waals surface area contributed by atoms with Crippen LogP contribution in [-0.2, 0) is 4.79 Å². The molecule has 0 bridgehead atoms. The Bertz CT molecular complexity index is 371. The van der Waals surface area contributed by atoms with Crippen LogP contribution in [0.15, 0.2) is 28.7 Å². The lowest BCUT2D eigenvalue weighted by molar-refractivity contribution is -0.138. The Hall–Kier alpha value is -0.910. The summed E-state index contributed by atoms with van der Waals surface area (Å²) in [6, 6.07) is 6.77. The van der Waals surface area contributed by atoms with Crippen molar-refractivity contribution in [2.24, 2.45) is 5.73 Å². The molecule has 0 aliphatic rings. The van der Waals surface area contributed by atoms with Crippen LogP contribution in [-0.4, -0.2) is 24.2 Å². The van der Waals surface area contributed by atoms with E-state index in [0.29, 0.717) is 6.42 Å². The van der Waals surface area contributed by atoms with E-state index in [4.69, 9.17) is 10.8 Å². The molecule has 1 rings (SSSR count). The van der Waals surface area contributed by atoms with E-state index in [0.717, 1.165) is 10.0 Å². The van der Waals surface area contributed by atoms with Crippen molar-refractivity contribution in [1.29, 1.82) is 0 Å². The summed E-state index contributed by atoms with van der Waals surface area (Å²) < 4.78 is 0.951. The minimum atomic E-state index is -0.979. The van der Waals surface area contributed by atoms with Crippen LogP contribution >= 0.6 is 15.9 Å². The molecule has 0 amide bonds. The largest absolute Gasteiger partial charge is 0.480 e. The third-order valence-corrected chi connectivity index (χ3v) is 3.16. The van der Waals surface area contributed by atoms with E-state index in [2.05, 4.69) is 21.2 Å². The normalized spacial score (nSPS) is 14.4. The number of hydrogen-bond donors (Lipinski definition) is 3. The first-order valence-electron chi connectivity index (χ1n) is 4.96. The zero-order chi connectivity index (χ0) is 12.1. The molecule has 4 nitrogen and oxygen atoms in total. The van der Waals surface area contributed by atoms with E-state index in [1.165, 1.54) is 0 Å². The Morgan fingerprint density at radius 1 is 1.56 bits per heavy atom. The number of halogens is 1. The first kappa shape index (κ1) is 13.2. The predicted molar refractivity (Wildman–Crippen MR) is 66.2 cm³/mol. The Morgan fingerprint density at radius 2 is 2.19 bits per heavy atom. The lowest BCUT2D eigenvalue weighted by Crippen LogP contribution is -2.34. The van der Waals surface area contributed by atoms with Crippen molar-refractivity contribution in [3.63, 3.8) is 0 Å². The third kappa shape index (κ3) is 3.30. The van der Waals surface area contributed by atoms with Gasteiger partial charge in [0.2, 0.25) is 0 Å². The standard InChI is InChI=1S/C11H15BrN2O2/c1-14-10(6-9(13)11(15)16)7-4-2-3-5-8(7)12/h2-5,9-10,14H,6,13H2,1H3,(H,15,16). The maximum Gasteiger partial charge on any atom is 0.320 e. The quantitative estimate of drug-likeness (QED) is 0.767. The molecule has 0 aliphatic heterocycles. The zero-order valence-corrected chi connectivity index (χ0v) is 10.6. The summed E-state index contributed by atoms with van der Waals surface area (Å²) in [5.41, 5.74) is 6.54. The molecule has 88 valence electrons. The van der Waals surface area contributed by atoms with E-state index >= 15 is 0 Å². The van der Waals surface area contributed by atoms with Crippen molar-refractivity contribution in [1.82, 2.24) is 5.32 Å². The Morgan fingerprint density at radius 3 is 2.69 bits per heavy atom. The second-order valence-corrected chi connectivity index (χ2v) is 4.40. The predicted octanol–water partition coefficient (Wildman–Crippen LogP) is 1.51. The number of rotatable bonds is 5. The smallest absolute Gasteiger partial charge is 0.320 e. The average Bonchev–Trinajstić information content (AvgIpc) is 2.26. The summed E-state index contributed by atoms with van der Waals surface area (Å²) in [6.07, 6.45) is 0.356. The monoisotopic (exact) mass is 286 g/mol. The highest BCUT2D eigenvalue weighted by Crippen LogP contribution is 2.25. The van der Waals surface area contributed by atoms with Crippen molar-refractivity contribution < 1.29 is 9.90 Å². The molecule has 5 heteroatoms. The van der Waals surface area contributed by atoms with Gasteiger partial charge in [-0.25, -0.2) is 0 Å². The highest BCUT2D eigenvalue weighted by molar-refractivity contribution is 9.10. The maximum atomic E-state index is 10.7. The molecule has 0 radical (unpaired) electrons. The minimum Gasteiger partial charge on any atom is -0.480 e. The summed E-state index contributed by atoms with van der Waals surface area (Å²) in [7, 11) is 1.79. The SMILES string of the molecule is CNC(CC(N)C(=O)O)c1ccccc1Br. The molecular formula is C11H15BrN2O2. The lowest BCUT2D eigenvalue weighted by atomic mass is 10.00. The Kier molecular flexibility index (Phi) is 4.92. The van der Waals surface area contributed by atoms with Gasteiger partial charge in [-0.3, -0.25) is 4.79 Å². The van der Waals surface area contributed by atoms with Gasteiger partial charge in [0.15, 0.2) is 0 Å². The van der Waals surface area contributed by atoms with Crippen LogP contribution < -0.4 is 11.1 Å². The molecule has 2 atom stereocenters. The van der Waals surface area contributed by atoms with Gasteiger partial charge in [0, 0.05) is 10.5 Å². The lowest BCUT2D eigenvalue weighted by Gasteiger charge is -2.19. The van der Waals surface area contributed by atoms with Crippen molar-refractivity contribution in [3.8, 4) is 0 Å². The molecule has 4 N–H and O–H groups in total. The van der Waals surface area contributed by atoms with Crippen molar-refractivity contribution in [3.05, 3.63) is 34.3 Å². The molecule has 0 saturated carbocycles. The second kappa shape index (κ2) is 5.98. The Balaban J connectivity index is 2.83. The molecule has 0 saturated heterocycles. The minimum absolute atomic E-state index is 0.0679. The molecule has 16 heavy (non-hydrogen) atoms. The van der Waals surface area contributed by atoms with Crippen LogP contribution in [0.25, 0.3) is 0 Å². The van der Waals surface area contributed by atoms with Crippen LogP contribution in [0.3, 0.4) is 0 Å². The van der Waals surface area contributed by atoms with Crippen LogP contribution in [0.2, 0.25) is 0 Å². The van der Waals surface area contributed by atoms with Gasteiger partial charge in [-0.05, 0) is 25.1 Å². The second-order valence-electron chi connectivity index (χ2n) is 3.54. The molecule has 1 aromatic rings. The summed E-state index contributed by atoms with van der Waals surface area (Å²) in [6.45, 7) is 0. The molecule has 0 aliphatic carbocycles. The van der Waals surface area contributed by atoms with Crippen LogP contribution in [0.4, 0.5) is 0 Å². The third-order valence-electron chi connectivity index (χ3n) is 2.44. The van der Waals surface area contributed by atoms with Gasteiger partial charge in [-0.1, -0.05) is 34.1 Å². The molecule has 0 fully saturated rings. The summed E-state index contributed by atoms with van der Waals surface area (Å²) in [4.78, 5) is 10.7. The number of nitrogens with two attached hydrogens (primary N) is 1. The number of hydrogen-bond acceptors (Lipinski definition) is 3. The van der Waals surface area contributed by atoms with Gasteiger partial charge >= 0.3 is 5.97 Å². The van der Waals surface area contributed by atoms with Crippen LogP contribution in [0, 0.1) is 0 Å². The van der Waals surface area contributed by atoms with Gasteiger partial charge < -0.3 is 16.2 Å². The van der Waals surface area contributed by atoms with Gasteiger partial charge in [0.1, 0.15) is 6.04 Å². The van der Waals surface area contributed by atoms with E-state index in [-0.39, 0.29) is 6.04 Å². The average molecular weight is 287 g/mol. The molecule has 2 unspecified atom stereocenters. The van der Waals surface area contributed by atoms with Crippen LogP contribution in [0.1, 0.15) is 18.0 Å². The number of aliphatic carboxylic acids is 1. The fraction of sp³-hybridized carbons (Fsp3) is 0.364. The molecule has 0 spiro atoms. The molecule has 1 aromatic carbocycles. The fourth-order valence-corrected chi connectivity index (χ4v) is 2.07. The number of nitrogens with one attached hydrogen (secondary N) is 1. The van der Waals surface area contributed by atoms with Crippen LogP contribution in [0.5, 0.6) is 0 Å². The number of carboxylic acid groups (broad SMARTS) is 1. The van der Waals surface area contributed by atoms with Gasteiger partial charge in [-0.2, -0.15) is 0 Å². The Labute approximate surface area is 103 Å². The molecule has 0 heterocycles. The van der Waals surface area contributed by atoms with Crippen molar-refractivity contribution in [2.45, 2.75) is 18.5 Å². The summed E-state index contributed by atoms with van der Waals surface area (Å²) in [5.74, 6) is -0.979. The zero-order valence-electron chi connectivity index (χ0n) is 8.98. The van der Waals surface area contributed by atoms with Gasteiger partial charge in [0.25, 0.3) is 0 Å². The maximum absolute atomic E-state index is 10.7. The van der Waals surface area contributed by atoms with E-state index in [9.17, 15) is 4.79 Å².